The largest absolute Gasteiger partial charge is 0.497 e. The van der Waals surface area contributed by atoms with E-state index in [1.165, 1.54) is 0 Å². The van der Waals surface area contributed by atoms with E-state index >= 15 is 0 Å². The third kappa shape index (κ3) is 4.01. The van der Waals surface area contributed by atoms with Gasteiger partial charge >= 0.3 is 0 Å². The van der Waals surface area contributed by atoms with Crippen molar-refractivity contribution in [3.63, 3.8) is 0 Å². The molecule has 3 aromatic rings. The number of aromatic nitrogens is 2. The van der Waals surface area contributed by atoms with Gasteiger partial charge in [0.25, 0.3) is 0 Å². The number of hydrogen-bond donors (Lipinski definition) is 1. The highest BCUT2D eigenvalue weighted by Gasteiger charge is 2.07. The summed E-state index contributed by atoms with van der Waals surface area (Å²) in [5, 5.41) is 3.37. The van der Waals surface area contributed by atoms with Gasteiger partial charge in [0.2, 0.25) is 5.88 Å². The fourth-order valence-corrected chi connectivity index (χ4v) is 2.28. The van der Waals surface area contributed by atoms with E-state index in [0.717, 1.165) is 22.7 Å². The van der Waals surface area contributed by atoms with Gasteiger partial charge in [-0.2, -0.15) is 0 Å². The van der Waals surface area contributed by atoms with Crippen molar-refractivity contribution >= 4 is 5.69 Å². The Bertz CT molecular complexity index is 821. The lowest BCUT2D eigenvalue weighted by atomic mass is 10.2. The third-order valence-corrected chi connectivity index (χ3v) is 3.49. The van der Waals surface area contributed by atoms with Crippen molar-refractivity contribution in [2.24, 2.45) is 0 Å². The Morgan fingerprint density at radius 1 is 0.958 bits per heavy atom. The molecule has 0 bridgehead atoms. The highest BCUT2D eigenvalue weighted by atomic mass is 16.5. The fourth-order valence-electron chi connectivity index (χ4n) is 2.28. The minimum absolute atomic E-state index is 0.573. The van der Waals surface area contributed by atoms with Crippen LogP contribution in [0.5, 0.6) is 17.4 Å². The topological polar surface area (TPSA) is 56.3 Å². The molecule has 2 heterocycles. The number of methoxy groups -OCH3 is 1. The number of hydrogen-bond acceptors (Lipinski definition) is 5. The van der Waals surface area contributed by atoms with Crippen molar-refractivity contribution in [2.45, 2.75) is 13.5 Å². The molecule has 5 nitrogen and oxygen atoms in total. The number of nitrogens with zero attached hydrogens (tertiary/aromatic N) is 2. The highest BCUT2D eigenvalue weighted by molar-refractivity contribution is 5.45. The van der Waals surface area contributed by atoms with E-state index in [-0.39, 0.29) is 0 Å². The molecule has 0 unspecified atom stereocenters. The Hall–Kier alpha value is -3.08. The zero-order valence-electron chi connectivity index (χ0n) is 13.7. The predicted octanol–water partition coefficient (Wildman–Crippen LogP) is 4.20. The van der Waals surface area contributed by atoms with Gasteiger partial charge in [-0.25, -0.2) is 4.98 Å². The average Bonchev–Trinajstić information content (AvgIpc) is 2.61. The lowest BCUT2D eigenvalue weighted by molar-refractivity contribution is 0.406. The molecule has 0 atom stereocenters. The fraction of sp³-hybridized carbons (Fsp3) is 0.158. The number of anilines is 1. The zero-order chi connectivity index (χ0) is 16.8. The van der Waals surface area contributed by atoms with E-state index in [9.17, 15) is 0 Å². The second-order valence-electron chi connectivity index (χ2n) is 5.29. The van der Waals surface area contributed by atoms with Crippen molar-refractivity contribution in [3.8, 4) is 17.4 Å². The van der Waals surface area contributed by atoms with Crippen molar-refractivity contribution in [1.82, 2.24) is 9.97 Å². The molecule has 0 aliphatic carbocycles. The van der Waals surface area contributed by atoms with Crippen LogP contribution in [0.4, 0.5) is 5.69 Å². The van der Waals surface area contributed by atoms with Crippen LogP contribution >= 0.6 is 0 Å². The van der Waals surface area contributed by atoms with Gasteiger partial charge in [-0.15, -0.1) is 0 Å². The summed E-state index contributed by atoms with van der Waals surface area (Å²) in [6.45, 7) is 2.57. The van der Waals surface area contributed by atoms with Crippen LogP contribution in [-0.4, -0.2) is 17.1 Å². The van der Waals surface area contributed by atoms with E-state index in [0.29, 0.717) is 18.2 Å². The Labute approximate surface area is 141 Å². The molecule has 122 valence electrons. The maximum Gasteiger partial charge on any atom is 0.224 e. The molecule has 5 heteroatoms. The summed E-state index contributed by atoms with van der Waals surface area (Å²) in [5.74, 6) is 2.01. The van der Waals surface area contributed by atoms with Gasteiger partial charge in [0.05, 0.1) is 7.11 Å². The van der Waals surface area contributed by atoms with Gasteiger partial charge in [0.1, 0.15) is 11.5 Å². The predicted molar refractivity (Wildman–Crippen MR) is 93.6 cm³/mol. The van der Waals surface area contributed by atoms with E-state index in [4.69, 9.17) is 9.47 Å². The van der Waals surface area contributed by atoms with E-state index in [2.05, 4.69) is 15.3 Å². The molecule has 1 N–H and O–H groups in total. The van der Waals surface area contributed by atoms with Crippen LogP contribution in [0, 0.1) is 6.92 Å². The van der Waals surface area contributed by atoms with Crippen molar-refractivity contribution < 1.29 is 9.47 Å². The number of rotatable bonds is 6. The van der Waals surface area contributed by atoms with Crippen molar-refractivity contribution in [3.05, 3.63) is 72.2 Å². The molecule has 1 aromatic carbocycles. The summed E-state index contributed by atoms with van der Waals surface area (Å²) < 4.78 is 11.1. The summed E-state index contributed by atoms with van der Waals surface area (Å²) in [4.78, 5) is 8.54. The molecule has 24 heavy (non-hydrogen) atoms. The van der Waals surface area contributed by atoms with Gasteiger partial charge in [-0.3, -0.25) is 4.98 Å². The van der Waals surface area contributed by atoms with Crippen LogP contribution in [0.15, 0.2) is 60.9 Å². The summed E-state index contributed by atoms with van der Waals surface area (Å²) >= 11 is 0. The maximum atomic E-state index is 5.92. The SMILES string of the molecule is COc1cccc(Oc2ncccc2CNc2ccnc(C)c2)c1. The van der Waals surface area contributed by atoms with E-state index in [1.54, 1.807) is 19.5 Å². The van der Waals surface area contributed by atoms with Crippen LogP contribution < -0.4 is 14.8 Å². The van der Waals surface area contributed by atoms with Crippen LogP contribution in [0.2, 0.25) is 0 Å². The second-order valence-corrected chi connectivity index (χ2v) is 5.29. The standard InChI is InChI=1S/C19H19N3O2/c1-14-11-16(8-10-20-14)22-13-15-5-4-9-21-19(15)24-18-7-3-6-17(12-18)23-2/h3-12H,13H2,1-2H3,(H,20,22). The third-order valence-electron chi connectivity index (χ3n) is 3.49. The summed E-state index contributed by atoms with van der Waals surface area (Å²) in [7, 11) is 1.63. The van der Waals surface area contributed by atoms with Crippen LogP contribution in [0.25, 0.3) is 0 Å². The molecule has 2 aromatic heterocycles. The number of benzene rings is 1. The second kappa shape index (κ2) is 7.46. The molecular weight excluding hydrogens is 302 g/mol. The normalized spacial score (nSPS) is 10.2. The number of pyridine rings is 2. The lowest BCUT2D eigenvalue weighted by Crippen LogP contribution is -2.03. The van der Waals surface area contributed by atoms with Gasteiger partial charge in [0, 0.05) is 41.9 Å². The van der Waals surface area contributed by atoms with Crippen LogP contribution in [0.1, 0.15) is 11.3 Å². The van der Waals surface area contributed by atoms with Gasteiger partial charge < -0.3 is 14.8 Å². The molecule has 0 aliphatic rings. The summed E-state index contributed by atoms with van der Waals surface area (Å²) in [6, 6.07) is 15.3. The zero-order valence-corrected chi connectivity index (χ0v) is 13.7. The first-order valence-electron chi connectivity index (χ1n) is 7.67. The monoisotopic (exact) mass is 321 g/mol. The van der Waals surface area contributed by atoms with E-state index in [1.807, 2.05) is 55.5 Å². The molecule has 0 radical (unpaired) electrons. The Morgan fingerprint density at radius 2 is 1.83 bits per heavy atom. The minimum Gasteiger partial charge on any atom is -0.497 e. The average molecular weight is 321 g/mol. The quantitative estimate of drug-likeness (QED) is 0.737. The van der Waals surface area contributed by atoms with Gasteiger partial charge in [-0.1, -0.05) is 12.1 Å². The molecule has 0 saturated heterocycles. The van der Waals surface area contributed by atoms with Crippen molar-refractivity contribution in [1.29, 1.82) is 0 Å². The summed E-state index contributed by atoms with van der Waals surface area (Å²) in [5.41, 5.74) is 2.95. The Balaban J connectivity index is 1.75. The highest BCUT2D eigenvalue weighted by Crippen LogP contribution is 2.26. The number of ether oxygens (including phenoxy) is 2. The Kier molecular flexibility index (Phi) is 4.91. The van der Waals surface area contributed by atoms with Crippen LogP contribution in [-0.2, 0) is 6.54 Å². The molecule has 0 aliphatic heterocycles. The van der Waals surface area contributed by atoms with Gasteiger partial charge in [0.15, 0.2) is 0 Å². The smallest absolute Gasteiger partial charge is 0.224 e. The first kappa shape index (κ1) is 15.8. The number of aryl methyl sites for hydroxylation is 1. The molecule has 0 amide bonds. The van der Waals surface area contributed by atoms with Crippen molar-refractivity contribution in [2.75, 3.05) is 12.4 Å². The molecule has 3 rings (SSSR count). The molecular formula is C19H19N3O2. The maximum absolute atomic E-state index is 5.92. The van der Waals surface area contributed by atoms with E-state index < -0.39 is 0 Å². The first-order chi connectivity index (χ1) is 11.7. The molecule has 0 fully saturated rings. The summed E-state index contributed by atoms with van der Waals surface area (Å²) in [6.07, 6.45) is 3.50. The molecule has 0 saturated carbocycles. The number of nitrogens with one attached hydrogen (secondary N) is 1. The first-order valence-corrected chi connectivity index (χ1v) is 7.67. The van der Waals surface area contributed by atoms with Gasteiger partial charge in [-0.05, 0) is 37.3 Å². The lowest BCUT2D eigenvalue weighted by Gasteiger charge is -2.12. The Morgan fingerprint density at radius 3 is 2.67 bits per heavy atom. The minimum atomic E-state index is 0.573. The van der Waals surface area contributed by atoms with Crippen LogP contribution in [0.3, 0.4) is 0 Å². The molecule has 0 spiro atoms.